The quantitative estimate of drug-likeness (QED) is 0.281. The summed E-state index contributed by atoms with van der Waals surface area (Å²) in [6.07, 6.45) is 2.81. The first-order chi connectivity index (χ1) is 13.5. The number of hydrogen-bond donors (Lipinski definition) is 1. The van der Waals surface area contributed by atoms with Crippen LogP contribution in [0.3, 0.4) is 0 Å². The fourth-order valence-corrected chi connectivity index (χ4v) is 2.56. The highest BCUT2D eigenvalue weighted by Crippen LogP contribution is 2.38. The summed E-state index contributed by atoms with van der Waals surface area (Å²) in [5.41, 5.74) is 2.24. The average Bonchev–Trinajstić information content (AvgIpc) is 3.10. The Morgan fingerprint density at radius 2 is 2.11 bits per heavy atom. The smallest absolute Gasteiger partial charge is 0.315 e. The van der Waals surface area contributed by atoms with Gasteiger partial charge in [0, 0.05) is 11.6 Å². The van der Waals surface area contributed by atoms with Gasteiger partial charge in [-0.1, -0.05) is 29.8 Å². The van der Waals surface area contributed by atoms with Crippen LogP contribution in [-0.2, 0) is 6.61 Å². The van der Waals surface area contributed by atoms with E-state index in [2.05, 4.69) is 15.3 Å². The van der Waals surface area contributed by atoms with E-state index in [9.17, 15) is 10.1 Å². The number of benzene rings is 2. The molecule has 1 aromatic heterocycles. The largest absolute Gasteiger partial charge is 0.493 e. The first-order valence-electron chi connectivity index (χ1n) is 8.19. The second-order valence-electron chi connectivity index (χ2n) is 5.85. The third-order valence-electron chi connectivity index (χ3n) is 3.84. The molecule has 1 heterocycles. The van der Waals surface area contributed by atoms with E-state index in [-0.39, 0.29) is 23.8 Å². The molecule has 0 atom stereocenters. The minimum atomic E-state index is -0.520. The lowest BCUT2D eigenvalue weighted by Gasteiger charge is -2.12. The summed E-state index contributed by atoms with van der Waals surface area (Å²) in [5, 5.41) is 22.0. The molecular weight excluding hydrogens is 382 g/mol. The van der Waals surface area contributed by atoms with E-state index in [0.717, 1.165) is 11.1 Å². The number of hydrogen-bond acceptors (Lipinski definition) is 7. The summed E-state index contributed by atoms with van der Waals surface area (Å²) in [6, 6.07) is 10.7. The van der Waals surface area contributed by atoms with Crippen molar-refractivity contribution in [1.29, 1.82) is 0 Å². The van der Waals surface area contributed by atoms with Crippen LogP contribution in [0.2, 0.25) is 0 Å². The molecule has 28 heavy (non-hydrogen) atoms. The van der Waals surface area contributed by atoms with Crippen LogP contribution < -0.4 is 9.47 Å². The fraction of sp³-hybridized carbons (Fsp3) is 0.167. The monoisotopic (exact) mass is 399 g/mol. The maximum Gasteiger partial charge on any atom is 0.315 e. The summed E-state index contributed by atoms with van der Waals surface area (Å²) in [4.78, 5) is 11.1. The van der Waals surface area contributed by atoms with E-state index in [1.54, 1.807) is 6.07 Å². The van der Waals surface area contributed by atoms with E-state index in [1.807, 2.05) is 31.2 Å². The molecule has 0 unspecified atom stereocenters. The number of rotatable bonds is 7. The first-order valence-corrected chi connectivity index (χ1v) is 8.60. The van der Waals surface area contributed by atoms with Crippen LogP contribution in [0.15, 0.2) is 47.8 Å². The Hall–Kier alpha value is -3.53. The van der Waals surface area contributed by atoms with Crippen molar-refractivity contribution in [3.8, 4) is 11.5 Å². The number of aryl methyl sites for hydroxylation is 1. The van der Waals surface area contributed by atoms with Gasteiger partial charge in [-0.25, -0.2) is 0 Å². The molecule has 0 aliphatic carbocycles. The number of nitrogens with one attached hydrogen (secondary N) is 1. The van der Waals surface area contributed by atoms with Crippen LogP contribution in [0.5, 0.6) is 11.5 Å². The second-order valence-corrected chi connectivity index (χ2v) is 6.24. The standard InChI is InChI=1S/C18H17N5O4S/c1-12-3-5-13(6-4-12)10-27-17-15(23(24)25)7-14(8-16(17)26-2)9-20-22-11-19-21-18(22)28/h3-9,11H,10H2,1-2H3,(H,21,28)/b20-9-. The Morgan fingerprint density at radius 3 is 2.71 bits per heavy atom. The number of H-pyrrole nitrogens is 1. The molecule has 144 valence electrons. The van der Waals surface area contributed by atoms with Gasteiger partial charge >= 0.3 is 5.69 Å². The fourth-order valence-electron chi connectivity index (χ4n) is 2.41. The van der Waals surface area contributed by atoms with Gasteiger partial charge in [-0.05, 0) is 30.8 Å². The van der Waals surface area contributed by atoms with Crippen LogP contribution in [0.4, 0.5) is 5.69 Å². The number of methoxy groups -OCH3 is 1. The number of nitro groups is 1. The molecule has 0 aliphatic rings. The zero-order valence-electron chi connectivity index (χ0n) is 15.2. The molecule has 0 saturated carbocycles. The van der Waals surface area contributed by atoms with Gasteiger partial charge in [0.2, 0.25) is 10.5 Å². The molecule has 0 amide bonds. The summed E-state index contributed by atoms with van der Waals surface area (Å²) in [5.74, 6) is 0.295. The molecule has 3 rings (SSSR count). The van der Waals surface area contributed by atoms with Crippen LogP contribution in [0.1, 0.15) is 16.7 Å². The number of nitro benzene ring substituents is 1. The van der Waals surface area contributed by atoms with Crippen molar-refractivity contribution in [2.24, 2.45) is 5.10 Å². The van der Waals surface area contributed by atoms with Gasteiger partial charge in [0.05, 0.1) is 18.2 Å². The Labute approximate surface area is 165 Å². The maximum atomic E-state index is 11.6. The highest BCUT2D eigenvalue weighted by Gasteiger charge is 2.22. The van der Waals surface area contributed by atoms with E-state index < -0.39 is 4.92 Å². The molecule has 0 fully saturated rings. The molecule has 10 heteroatoms. The van der Waals surface area contributed by atoms with Crippen molar-refractivity contribution in [2.75, 3.05) is 7.11 Å². The van der Waals surface area contributed by atoms with Crippen molar-refractivity contribution >= 4 is 24.1 Å². The third-order valence-corrected chi connectivity index (χ3v) is 4.12. The molecule has 9 nitrogen and oxygen atoms in total. The van der Waals surface area contributed by atoms with Gasteiger partial charge in [-0.3, -0.25) is 15.2 Å². The van der Waals surface area contributed by atoms with Crippen LogP contribution in [-0.4, -0.2) is 33.1 Å². The number of aromatic nitrogens is 3. The van der Waals surface area contributed by atoms with E-state index in [1.165, 1.54) is 30.4 Å². The van der Waals surface area contributed by atoms with Crippen LogP contribution >= 0.6 is 12.2 Å². The lowest BCUT2D eigenvalue weighted by atomic mass is 10.1. The third kappa shape index (κ3) is 4.41. The van der Waals surface area contributed by atoms with Gasteiger partial charge in [-0.15, -0.1) is 0 Å². The second kappa shape index (κ2) is 8.44. The van der Waals surface area contributed by atoms with E-state index in [4.69, 9.17) is 21.7 Å². The SMILES string of the molecule is COc1cc(/C=N\n2cn[nH]c2=S)cc([N+](=O)[O-])c1OCc1ccc(C)cc1. The lowest BCUT2D eigenvalue weighted by Crippen LogP contribution is -2.03. The molecular formula is C18H17N5O4S. The maximum absolute atomic E-state index is 11.6. The highest BCUT2D eigenvalue weighted by atomic mass is 32.1. The van der Waals surface area contributed by atoms with Crippen LogP contribution in [0.25, 0.3) is 0 Å². The minimum absolute atomic E-state index is 0.0603. The molecule has 3 aromatic rings. The summed E-state index contributed by atoms with van der Waals surface area (Å²) < 4.78 is 12.7. The van der Waals surface area contributed by atoms with Crippen molar-refractivity contribution in [3.05, 3.63) is 74.3 Å². The molecule has 0 bridgehead atoms. The van der Waals surface area contributed by atoms with Crippen molar-refractivity contribution < 1.29 is 14.4 Å². The lowest BCUT2D eigenvalue weighted by molar-refractivity contribution is -0.386. The van der Waals surface area contributed by atoms with Crippen molar-refractivity contribution in [2.45, 2.75) is 13.5 Å². The van der Waals surface area contributed by atoms with Gasteiger partial charge in [0.25, 0.3) is 0 Å². The summed E-state index contributed by atoms with van der Waals surface area (Å²) >= 11 is 5.00. The Morgan fingerprint density at radius 1 is 1.36 bits per heavy atom. The predicted octanol–water partition coefficient (Wildman–Crippen LogP) is 3.63. The van der Waals surface area contributed by atoms with Crippen molar-refractivity contribution in [3.63, 3.8) is 0 Å². The zero-order valence-corrected chi connectivity index (χ0v) is 16.0. The Balaban J connectivity index is 1.91. The summed E-state index contributed by atoms with van der Waals surface area (Å²) in [7, 11) is 1.42. The molecule has 1 N–H and O–H groups in total. The number of ether oxygens (including phenoxy) is 2. The minimum Gasteiger partial charge on any atom is -0.493 e. The van der Waals surface area contributed by atoms with Gasteiger partial charge in [-0.2, -0.15) is 14.9 Å². The zero-order chi connectivity index (χ0) is 20.1. The van der Waals surface area contributed by atoms with Crippen molar-refractivity contribution in [1.82, 2.24) is 14.9 Å². The highest BCUT2D eigenvalue weighted by molar-refractivity contribution is 7.71. The molecule has 2 aromatic carbocycles. The predicted molar refractivity (Wildman–Crippen MR) is 106 cm³/mol. The normalized spacial score (nSPS) is 10.9. The van der Waals surface area contributed by atoms with Gasteiger partial charge < -0.3 is 9.47 Å². The molecule has 0 spiro atoms. The Bertz CT molecular complexity index is 1070. The van der Waals surface area contributed by atoms with Crippen LogP contribution in [0, 0.1) is 21.8 Å². The summed E-state index contributed by atoms with van der Waals surface area (Å²) in [6.45, 7) is 2.16. The average molecular weight is 399 g/mol. The van der Waals surface area contributed by atoms with E-state index in [0.29, 0.717) is 10.3 Å². The first kappa shape index (κ1) is 19.2. The number of aromatic amines is 1. The molecule has 0 aliphatic heterocycles. The van der Waals surface area contributed by atoms with E-state index >= 15 is 0 Å². The molecule has 0 radical (unpaired) electrons. The topological polar surface area (TPSA) is 108 Å². The van der Waals surface area contributed by atoms with Gasteiger partial charge in [0.1, 0.15) is 12.9 Å². The molecule has 0 saturated heterocycles. The van der Waals surface area contributed by atoms with Gasteiger partial charge in [0.15, 0.2) is 5.75 Å². The number of nitrogens with zero attached hydrogens (tertiary/aromatic N) is 4. The Kier molecular flexibility index (Phi) is 5.80.